The van der Waals surface area contributed by atoms with Crippen molar-refractivity contribution in [2.45, 2.75) is 26.2 Å². The van der Waals surface area contributed by atoms with E-state index in [2.05, 4.69) is 0 Å². The van der Waals surface area contributed by atoms with Crippen LogP contribution in [0.15, 0.2) is 54.1 Å². The molecular weight excluding hydrogens is 336 g/mol. The minimum Gasteiger partial charge on any atom is -0.469 e. The van der Waals surface area contributed by atoms with Gasteiger partial charge in [-0.15, -0.1) is 0 Å². The van der Waals surface area contributed by atoms with Crippen molar-refractivity contribution >= 4 is 29.4 Å². The van der Waals surface area contributed by atoms with Gasteiger partial charge in [-0.05, 0) is 54.8 Å². The summed E-state index contributed by atoms with van der Waals surface area (Å²) in [5.74, 6) is -0.592. The molecule has 0 fully saturated rings. The summed E-state index contributed by atoms with van der Waals surface area (Å²) in [6.45, 7) is 3.76. The zero-order valence-corrected chi connectivity index (χ0v) is 15.3. The van der Waals surface area contributed by atoms with Crippen molar-refractivity contribution in [2.24, 2.45) is 0 Å². The van der Waals surface area contributed by atoms with Gasteiger partial charge in [0.1, 0.15) is 0 Å². The third kappa shape index (κ3) is 4.80. The SMILES string of the molecule is CCC(=Cc1ccc(C(C)C(=O)OC)cc1)C(=O)c1ccc(Cl)cc1. The number of benzene rings is 2. The lowest BCUT2D eigenvalue weighted by Gasteiger charge is -2.10. The maximum absolute atomic E-state index is 12.6. The van der Waals surface area contributed by atoms with Gasteiger partial charge in [0.15, 0.2) is 5.78 Å². The Morgan fingerprint density at radius 3 is 2.20 bits per heavy atom. The van der Waals surface area contributed by atoms with Crippen molar-refractivity contribution < 1.29 is 14.3 Å². The smallest absolute Gasteiger partial charge is 0.312 e. The number of rotatable bonds is 6. The molecule has 2 aromatic carbocycles. The predicted molar refractivity (Wildman–Crippen MR) is 101 cm³/mol. The van der Waals surface area contributed by atoms with Gasteiger partial charge < -0.3 is 4.74 Å². The molecule has 0 aromatic heterocycles. The van der Waals surface area contributed by atoms with Gasteiger partial charge in [0.2, 0.25) is 0 Å². The summed E-state index contributed by atoms with van der Waals surface area (Å²) in [4.78, 5) is 24.2. The summed E-state index contributed by atoms with van der Waals surface area (Å²) in [6, 6.07) is 14.5. The highest BCUT2D eigenvalue weighted by Gasteiger charge is 2.15. The van der Waals surface area contributed by atoms with Gasteiger partial charge in [0.05, 0.1) is 13.0 Å². The monoisotopic (exact) mass is 356 g/mol. The Hall–Kier alpha value is -2.39. The average Bonchev–Trinajstić information content (AvgIpc) is 2.65. The van der Waals surface area contributed by atoms with E-state index < -0.39 is 0 Å². The van der Waals surface area contributed by atoms with E-state index in [9.17, 15) is 9.59 Å². The highest BCUT2D eigenvalue weighted by molar-refractivity contribution is 6.30. The fourth-order valence-electron chi connectivity index (χ4n) is 2.51. The Balaban J connectivity index is 2.23. The lowest BCUT2D eigenvalue weighted by molar-refractivity contribution is -0.141. The second-order valence-electron chi connectivity index (χ2n) is 5.77. The number of methoxy groups -OCH3 is 1. The summed E-state index contributed by atoms with van der Waals surface area (Å²) in [6.07, 6.45) is 2.51. The number of carbonyl (C=O) groups excluding carboxylic acids is 2. The third-order valence-corrected chi connectivity index (χ3v) is 4.36. The molecule has 4 heteroatoms. The number of Topliss-reactive ketones (excluding diaryl/α,β-unsaturated/α-hetero) is 1. The number of carbonyl (C=O) groups is 2. The summed E-state index contributed by atoms with van der Waals surface area (Å²) < 4.78 is 4.76. The molecule has 0 bridgehead atoms. The number of hydrogen-bond acceptors (Lipinski definition) is 3. The van der Waals surface area contributed by atoms with E-state index in [-0.39, 0.29) is 17.7 Å². The molecule has 0 spiro atoms. The van der Waals surface area contributed by atoms with Crippen molar-refractivity contribution in [1.82, 2.24) is 0 Å². The molecule has 25 heavy (non-hydrogen) atoms. The molecular formula is C21H21ClO3. The molecule has 0 aliphatic carbocycles. The highest BCUT2D eigenvalue weighted by atomic mass is 35.5. The van der Waals surface area contributed by atoms with Crippen LogP contribution in [-0.2, 0) is 9.53 Å². The molecule has 0 N–H and O–H groups in total. The Kier molecular flexibility index (Phi) is 6.54. The second-order valence-corrected chi connectivity index (χ2v) is 6.21. The zero-order valence-electron chi connectivity index (χ0n) is 14.6. The van der Waals surface area contributed by atoms with Gasteiger partial charge in [-0.1, -0.05) is 42.8 Å². The number of halogens is 1. The first-order chi connectivity index (χ1) is 12.0. The van der Waals surface area contributed by atoms with Gasteiger partial charge in [0.25, 0.3) is 0 Å². The lowest BCUT2D eigenvalue weighted by atomic mass is 9.96. The van der Waals surface area contributed by atoms with E-state index in [1.807, 2.05) is 37.3 Å². The minimum atomic E-state index is -0.315. The number of esters is 1. The molecule has 0 radical (unpaired) electrons. The third-order valence-electron chi connectivity index (χ3n) is 4.11. The van der Waals surface area contributed by atoms with Gasteiger partial charge in [-0.2, -0.15) is 0 Å². The van der Waals surface area contributed by atoms with Crippen LogP contribution in [0.2, 0.25) is 5.02 Å². The Morgan fingerprint density at radius 2 is 1.68 bits per heavy atom. The van der Waals surface area contributed by atoms with Crippen LogP contribution in [-0.4, -0.2) is 18.9 Å². The molecule has 130 valence electrons. The summed E-state index contributed by atoms with van der Waals surface area (Å²) in [5.41, 5.74) is 3.13. The molecule has 1 unspecified atom stereocenters. The zero-order chi connectivity index (χ0) is 18.4. The molecule has 0 heterocycles. The molecule has 0 amide bonds. The van der Waals surface area contributed by atoms with Crippen LogP contribution in [0.5, 0.6) is 0 Å². The van der Waals surface area contributed by atoms with Crippen molar-refractivity contribution in [2.75, 3.05) is 7.11 Å². The molecule has 0 saturated carbocycles. The normalized spacial score (nSPS) is 12.6. The number of ether oxygens (including phenoxy) is 1. The topological polar surface area (TPSA) is 43.4 Å². The van der Waals surface area contributed by atoms with E-state index in [4.69, 9.17) is 16.3 Å². The Morgan fingerprint density at radius 1 is 1.08 bits per heavy atom. The summed E-state index contributed by atoms with van der Waals surface area (Å²) in [7, 11) is 1.38. The van der Waals surface area contributed by atoms with Crippen LogP contribution in [0.3, 0.4) is 0 Å². The fourth-order valence-corrected chi connectivity index (χ4v) is 2.64. The van der Waals surface area contributed by atoms with Crippen LogP contribution in [0.4, 0.5) is 0 Å². The van der Waals surface area contributed by atoms with Crippen molar-refractivity contribution in [3.05, 3.63) is 75.8 Å². The molecule has 3 nitrogen and oxygen atoms in total. The molecule has 0 aliphatic heterocycles. The van der Waals surface area contributed by atoms with E-state index in [1.165, 1.54) is 7.11 Å². The number of allylic oxidation sites excluding steroid dienone is 1. The molecule has 2 aromatic rings. The number of ketones is 1. The van der Waals surface area contributed by atoms with Crippen LogP contribution in [0.1, 0.15) is 47.7 Å². The lowest BCUT2D eigenvalue weighted by Crippen LogP contribution is -2.10. The molecule has 0 saturated heterocycles. The number of hydrogen-bond donors (Lipinski definition) is 0. The van der Waals surface area contributed by atoms with Crippen LogP contribution in [0, 0.1) is 0 Å². The predicted octanol–water partition coefficient (Wildman–Crippen LogP) is 5.29. The van der Waals surface area contributed by atoms with Crippen molar-refractivity contribution in [3.63, 3.8) is 0 Å². The largest absolute Gasteiger partial charge is 0.469 e. The van der Waals surface area contributed by atoms with Crippen molar-refractivity contribution in [1.29, 1.82) is 0 Å². The van der Waals surface area contributed by atoms with Gasteiger partial charge in [-0.3, -0.25) is 9.59 Å². The average molecular weight is 357 g/mol. The maximum atomic E-state index is 12.6. The van der Waals surface area contributed by atoms with E-state index in [0.717, 1.165) is 16.7 Å². The molecule has 2 rings (SSSR count). The standard InChI is InChI=1S/C21H21ClO3/c1-4-16(20(23)18-9-11-19(22)12-10-18)13-15-5-7-17(8-6-15)14(2)21(24)25-3/h5-14H,4H2,1-3H3. The summed E-state index contributed by atoms with van der Waals surface area (Å²) in [5, 5.41) is 0.605. The van der Waals surface area contributed by atoms with E-state index in [0.29, 0.717) is 17.0 Å². The van der Waals surface area contributed by atoms with Crippen LogP contribution >= 0.6 is 11.6 Å². The van der Waals surface area contributed by atoms with Crippen LogP contribution in [0.25, 0.3) is 6.08 Å². The second kappa shape index (κ2) is 8.63. The van der Waals surface area contributed by atoms with Crippen LogP contribution < -0.4 is 0 Å². The van der Waals surface area contributed by atoms with Gasteiger partial charge in [0, 0.05) is 16.2 Å². The van der Waals surface area contributed by atoms with E-state index in [1.54, 1.807) is 31.2 Å². The van der Waals surface area contributed by atoms with Crippen molar-refractivity contribution in [3.8, 4) is 0 Å². The van der Waals surface area contributed by atoms with E-state index >= 15 is 0 Å². The quantitative estimate of drug-likeness (QED) is 0.401. The fraction of sp³-hybridized carbons (Fsp3) is 0.238. The Bertz CT molecular complexity index is 774. The maximum Gasteiger partial charge on any atom is 0.312 e. The van der Waals surface area contributed by atoms with Gasteiger partial charge in [-0.25, -0.2) is 0 Å². The first-order valence-corrected chi connectivity index (χ1v) is 8.52. The first-order valence-electron chi connectivity index (χ1n) is 8.15. The molecule has 0 aliphatic rings. The highest BCUT2D eigenvalue weighted by Crippen LogP contribution is 2.21. The summed E-state index contributed by atoms with van der Waals surface area (Å²) >= 11 is 5.87. The Labute approximate surface area is 153 Å². The molecule has 1 atom stereocenters. The minimum absolute atomic E-state index is 0.00817. The van der Waals surface area contributed by atoms with Gasteiger partial charge >= 0.3 is 5.97 Å². The first kappa shape index (κ1) is 18.9.